The highest BCUT2D eigenvalue weighted by Gasteiger charge is 2.49. The number of carbonyl (C=O) groups is 1. The van der Waals surface area contributed by atoms with Crippen molar-refractivity contribution in [2.24, 2.45) is 0 Å². The lowest BCUT2D eigenvalue weighted by Gasteiger charge is -2.31. The van der Waals surface area contributed by atoms with Crippen LogP contribution >= 0.6 is 0 Å². The van der Waals surface area contributed by atoms with Crippen LogP contribution in [0.2, 0.25) is 0 Å². The molecule has 0 bridgehead atoms. The minimum Gasteiger partial charge on any atom is -0.748 e. The first-order chi connectivity index (χ1) is 43.4. The van der Waals surface area contributed by atoms with Gasteiger partial charge in [-0.15, -0.1) is 0 Å². The lowest BCUT2D eigenvalue weighted by Crippen LogP contribution is -2.33. The number of carboxylic acid groups (broad SMARTS) is 1. The molecule has 2 atom stereocenters. The van der Waals surface area contributed by atoms with Gasteiger partial charge in [-0.1, -0.05) is 50.3 Å². The van der Waals surface area contributed by atoms with E-state index in [0.29, 0.717) is 99.4 Å². The quantitative estimate of drug-likeness (QED) is 0.0241. The van der Waals surface area contributed by atoms with E-state index in [4.69, 9.17) is 37.9 Å². The minimum atomic E-state index is -5.43. The number of benzene rings is 4. The average molecular weight is 1400 g/mol. The van der Waals surface area contributed by atoms with Gasteiger partial charge in [-0.05, 0) is 110 Å². The maximum absolute atomic E-state index is 12.8. The van der Waals surface area contributed by atoms with Crippen LogP contribution in [0.1, 0.15) is 77.3 Å². The molecule has 2 unspecified atom stereocenters. The minimum absolute atomic E-state index is 0. The van der Waals surface area contributed by atoms with Gasteiger partial charge < -0.3 is 70.7 Å². The summed E-state index contributed by atoms with van der Waals surface area (Å²) in [6.45, 7) is 7.24. The van der Waals surface area contributed by atoms with Crippen molar-refractivity contribution in [3.63, 3.8) is 0 Å². The van der Waals surface area contributed by atoms with Gasteiger partial charge in [0.05, 0.1) is 114 Å². The van der Waals surface area contributed by atoms with Gasteiger partial charge >= 0.3 is 5.97 Å². The summed E-state index contributed by atoms with van der Waals surface area (Å²) in [6, 6.07) is 8.76. The first-order valence-corrected chi connectivity index (χ1v) is 36.4. The van der Waals surface area contributed by atoms with Crippen LogP contribution in [-0.4, -0.2) is 212 Å². The number of allylic oxidation sites excluding steroid dienone is 8. The molecular weight excluding hydrogens is 1320 g/mol. The largest absolute Gasteiger partial charge is 0.748 e. The summed E-state index contributed by atoms with van der Waals surface area (Å²) in [7, 11) is -23.3. The number of hydrogen-bond donors (Lipinski definition) is 1. The van der Waals surface area contributed by atoms with Crippen LogP contribution in [0.25, 0.3) is 21.5 Å². The standard InChI is InChI=1S/C60H80N2O25S5.CH4/c1-59(21-13-39-88(65,66)67)54(62(24-26-83-32-34-87-38-36-85-30-28-81-4)51-20-18-46-48(57(51)59)40-44(89(68,69)70)42-52(46)91(74,75)76)14-9-6-5-7-10-15-55-60(2,22-25-82-31-33-86-37-35-84-29-27-80-3)58-49-41-45(90(71,72)73)43-53(92(77,78)79)47(49)17-19-50(58)61(55)23-12-8-11-16-56(63)64;/h5-7,9-10,14-15,17-20,40-43H,8,11-13,16,21-39H2,1-4H3,(H5-,63,64,65,66,67,68,69,70,71,72,73,74,75,76,77,78,79);1H4/p-4. The summed E-state index contributed by atoms with van der Waals surface area (Å²) in [4.78, 5) is 9.50. The number of fused-ring (bicyclic) bond motifs is 6. The Morgan fingerprint density at radius 2 is 1.00 bits per heavy atom. The second kappa shape index (κ2) is 35.0. The van der Waals surface area contributed by atoms with Crippen molar-refractivity contribution in [1.29, 1.82) is 0 Å². The van der Waals surface area contributed by atoms with E-state index in [2.05, 4.69) is 0 Å². The molecule has 93 heavy (non-hydrogen) atoms. The van der Waals surface area contributed by atoms with E-state index in [-0.39, 0.29) is 126 Å². The van der Waals surface area contributed by atoms with E-state index in [9.17, 15) is 74.8 Å². The number of ether oxygens (including phenoxy) is 8. The summed E-state index contributed by atoms with van der Waals surface area (Å²) in [6.07, 6.45) is 12.5. The number of rotatable bonds is 42. The second-order valence-corrected chi connectivity index (χ2v) is 28.8. The molecule has 2 aliphatic heterocycles. The van der Waals surface area contributed by atoms with Gasteiger partial charge in [0.15, 0.2) is 12.3 Å². The van der Waals surface area contributed by atoms with Crippen molar-refractivity contribution in [1.82, 2.24) is 0 Å². The maximum atomic E-state index is 12.8. The molecular formula is C61H80N2O25S5-4. The van der Waals surface area contributed by atoms with Gasteiger partial charge in [0, 0.05) is 79.4 Å². The van der Waals surface area contributed by atoms with Gasteiger partial charge in [-0.3, -0.25) is 4.79 Å². The van der Waals surface area contributed by atoms with E-state index >= 15 is 0 Å². The zero-order chi connectivity index (χ0) is 67.5. The molecule has 0 aliphatic carbocycles. The highest BCUT2D eigenvalue weighted by molar-refractivity contribution is 7.87. The molecule has 0 radical (unpaired) electrons. The summed E-state index contributed by atoms with van der Waals surface area (Å²) in [5.41, 5.74) is -0.190. The third-order valence-electron chi connectivity index (χ3n) is 15.5. The zero-order valence-corrected chi connectivity index (χ0v) is 55.4. The monoisotopic (exact) mass is 1400 g/mol. The molecule has 4 aromatic carbocycles. The molecule has 2 aliphatic rings. The molecule has 32 heteroatoms. The van der Waals surface area contributed by atoms with E-state index in [1.807, 2.05) is 11.8 Å². The Bertz CT molecular complexity index is 4000. The van der Waals surface area contributed by atoms with Crippen LogP contribution < -0.4 is 4.90 Å². The molecule has 0 amide bonds. The van der Waals surface area contributed by atoms with Crippen molar-refractivity contribution in [2.45, 2.75) is 96.6 Å². The first kappa shape index (κ1) is 78.2. The summed E-state index contributed by atoms with van der Waals surface area (Å²) in [5.74, 6) is -1.81. The molecule has 0 saturated heterocycles. The van der Waals surface area contributed by atoms with E-state index in [1.165, 1.54) is 18.2 Å². The topological polar surface area (TPSA) is 403 Å². The van der Waals surface area contributed by atoms with E-state index in [0.717, 1.165) is 12.1 Å². The average Bonchev–Trinajstić information content (AvgIpc) is 1.61. The van der Waals surface area contributed by atoms with Gasteiger partial charge in [0.1, 0.15) is 47.1 Å². The second-order valence-electron chi connectivity index (χ2n) is 21.8. The van der Waals surface area contributed by atoms with Crippen molar-refractivity contribution in [2.75, 3.05) is 130 Å². The Morgan fingerprint density at radius 3 is 1.49 bits per heavy atom. The molecule has 4 aromatic rings. The molecule has 27 nitrogen and oxygen atoms in total. The number of aliphatic carboxylic acids is 1. The molecule has 0 spiro atoms. The highest BCUT2D eigenvalue weighted by atomic mass is 32.2. The first-order valence-electron chi connectivity index (χ1n) is 29.2. The lowest BCUT2D eigenvalue weighted by atomic mass is 9.74. The Balaban J connectivity index is 0.0000157. The van der Waals surface area contributed by atoms with Gasteiger partial charge in [0.2, 0.25) is 5.69 Å². The van der Waals surface area contributed by atoms with Crippen molar-refractivity contribution < 1.29 is 117 Å². The van der Waals surface area contributed by atoms with Crippen molar-refractivity contribution >= 4 is 95.2 Å². The van der Waals surface area contributed by atoms with Crippen LogP contribution in [0.5, 0.6) is 0 Å². The number of nitrogens with zero attached hydrogens (tertiary/aromatic N) is 2. The highest BCUT2D eigenvalue weighted by Crippen LogP contribution is 2.54. The van der Waals surface area contributed by atoms with Crippen LogP contribution in [-0.2, 0) is 104 Å². The molecule has 0 fully saturated rings. The number of carboxylic acids is 1. The third kappa shape index (κ3) is 21.5. The van der Waals surface area contributed by atoms with Crippen LogP contribution in [0, 0.1) is 0 Å². The summed E-state index contributed by atoms with van der Waals surface area (Å²) in [5, 5.41) is 8.90. The smallest absolute Gasteiger partial charge is 0.303 e. The Labute approximate surface area is 544 Å². The Morgan fingerprint density at radius 1 is 0.527 bits per heavy atom. The van der Waals surface area contributed by atoms with Crippen molar-refractivity contribution in [3.8, 4) is 0 Å². The van der Waals surface area contributed by atoms with Gasteiger partial charge in [-0.25, -0.2) is 42.1 Å². The molecule has 6 rings (SSSR count). The fourth-order valence-corrected chi connectivity index (χ4v) is 14.4. The Hall–Kier alpha value is -5.47. The zero-order valence-electron chi connectivity index (χ0n) is 51.3. The fraction of sp³-hybridized carbons (Fsp3) is 0.508. The number of unbranched alkanes of at least 4 members (excludes halogenated alkanes) is 2. The predicted molar refractivity (Wildman–Crippen MR) is 337 cm³/mol. The summed E-state index contributed by atoms with van der Waals surface area (Å²) >= 11 is 0. The van der Waals surface area contributed by atoms with Crippen molar-refractivity contribution in [3.05, 3.63) is 108 Å². The molecule has 0 aromatic heterocycles. The normalized spacial score (nSPS) is 17.7. The SMILES string of the molecule is C.COCCOCCOCCOCC[N+]1=C(/C=C/C=C/C=C/C=C2/N(CCCCCC(=O)O)c3ccc4c(S(=O)(=O)[O-])cc(S(=O)(=O)[O-])cc4c3C2(C)CCOCCOCCOCCOC)C(C)(CCCS(=O)(=O)[O-])c2c1ccc1c(S(=O)(=O)[O-])cc(S(=O)(=O)[O-])cc21. The molecule has 1 N–H and O–H groups in total. The van der Waals surface area contributed by atoms with Gasteiger partial charge in [0.25, 0.3) is 0 Å². The predicted octanol–water partition coefficient (Wildman–Crippen LogP) is 5.69. The van der Waals surface area contributed by atoms with Crippen LogP contribution in [0.15, 0.2) is 116 Å². The Kier molecular flexibility index (Phi) is 29.4. The summed E-state index contributed by atoms with van der Waals surface area (Å²) < 4.78 is 234. The van der Waals surface area contributed by atoms with E-state index in [1.54, 1.807) is 74.3 Å². The molecule has 0 saturated carbocycles. The molecule has 518 valence electrons. The third-order valence-corrected chi connectivity index (χ3v) is 19.6. The fourth-order valence-electron chi connectivity index (χ4n) is 11.3. The maximum Gasteiger partial charge on any atom is 0.303 e. The number of methoxy groups -OCH3 is 2. The molecule has 2 heterocycles. The van der Waals surface area contributed by atoms with Gasteiger partial charge in [-0.2, -0.15) is 4.58 Å². The number of hydrogen-bond acceptors (Lipinski definition) is 25. The lowest BCUT2D eigenvalue weighted by molar-refractivity contribution is -0.442. The number of anilines is 1. The van der Waals surface area contributed by atoms with Crippen LogP contribution in [0.4, 0.5) is 11.4 Å². The van der Waals surface area contributed by atoms with E-state index < -0.39 is 92.7 Å². The van der Waals surface area contributed by atoms with Crippen LogP contribution in [0.3, 0.4) is 0 Å².